The lowest BCUT2D eigenvalue weighted by atomic mass is 10.0. The van der Waals surface area contributed by atoms with Crippen LogP contribution < -0.4 is 0 Å². The monoisotopic (exact) mass is 297 g/mol. The van der Waals surface area contributed by atoms with Crippen molar-refractivity contribution in [3.05, 3.63) is 53.1 Å². The Morgan fingerprint density at radius 1 is 1.32 bits per heavy atom. The molecule has 2 heterocycles. The SMILES string of the molecule is Cc1ccccc1[C@@H](C)N(C)C(=O)c1cn2c(n1)CCCC2. The zero-order valence-corrected chi connectivity index (χ0v) is 13.5. The van der Waals surface area contributed by atoms with E-state index in [0.717, 1.165) is 18.8 Å². The van der Waals surface area contributed by atoms with Gasteiger partial charge in [-0.25, -0.2) is 4.98 Å². The molecule has 116 valence electrons. The molecule has 1 aliphatic rings. The third kappa shape index (κ3) is 2.65. The smallest absolute Gasteiger partial charge is 0.274 e. The Morgan fingerprint density at radius 3 is 2.82 bits per heavy atom. The Balaban J connectivity index is 1.82. The number of nitrogens with zero attached hydrogens (tertiary/aromatic N) is 3. The van der Waals surface area contributed by atoms with E-state index in [9.17, 15) is 4.79 Å². The molecule has 0 saturated carbocycles. The van der Waals surface area contributed by atoms with Gasteiger partial charge in [-0.1, -0.05) is 24.3 Å². The van der Waals surface area contributed by atoms with E-state index in [4.69, 9.17) is 0 Å². The van der Waals surface area contributed by atoms with Crippen LogP contribution in [0.5, 0.6) is 0 Å². The van der Waals surface area contributed by atoms with E-state index in [1.807, 2.05) is 25.4 Å². The molecule has 4 nitrogen and oxygen atoms in total. The number of aryl methyl sites for hydroxylation is 3. The fourth-order valence-corrected chi connectivity index (χ4v) is 3.14. The van der Waals surface area contributed by atoms with E-state index in [1.165, 1.54) is 24.0 Å². The summed E-state index contributed by atoms with van der Waals surface area (Å²) in [7, 11) is 1.86. The van der Waals surface area contributed by atoms with Gasteiger partial charge in [0.2, 0.25) is 0 Å². The second kappa shape index (κ2) is 5.95. The number of hydrogen-bond donors (Lipinski definition) is 0. The number of aromatic nitrogens is 2. The van der Waals surface area contributed by atoms with Crippen molar-refractivity contribution in [1.82, 2.24) is 14.5 Å². The van der Waals surface area contributed by atoms with Crippen molar-refractivity contribution >= 4 is 5.91 Å². The van der Waals surface area contributed by atoms with Gasteiger partial charge in [0.05, 0.1) is 6.04 Å². The summed E-state index contributed by atoms with van der Waals surface area (Å²) < 4.78 is 2.13. The molecule has 1 amide bonds. The van der Waals surface area contributed by atoms with E-state index in [-0.39, 0.29) is 11.9 Å². The van der Waals surface area contributed by atoms with Crippen LogP contribution in [0.2, 0.25) is 0 Å². The normalized spacial score (nSPS) is 15.2. The Morgan fingerprint density at radius 2 is 2.09 bits per heavy atom. The number of carbonyl (C=O) groups excluding carboxylic acids is 1. The van der Waals surface area contributed by atoms with Crippen LogP contribution in [-0.4, -0.2) is 27.4 Å². The molecule has 0 unspecified atom stereocenters. The van der Waals surface area contributed by atoms with Crippen LogP contribution in [0.1, 0.15) is 53.2 Å². The van der Waals surface area contributed by atoms with Gasteiger partial charge >= 0.3 is 0 Å². The zero-order valence-electron chi connectivity index (χ0n) is 13.5. The standard InChI is InChI=1S/C18H23N3O/c1-13-8-4-5-9-15(13)14(2)20(3)18(22)16-12-21-11-7-6-10-17(21)19-16/h4-5,8-9,12,14H,6-7,10-11H2,1-3H3/t14-/m1/s1. The van der Waals surface area contributed by atoms with E-state index in [1.54, 1.807) is 4.90 Å². The highest BCUT2D eigenvalue weighted by atomic mass is 16.2. The van der Waals surface area contributed by atoms with Crippen molar-refractivity contribution < 1.29 is 4.79 Å². The Labute approximate surface area is 131 Å². The second-order valence-electron chi connectivity index (χ2n) is 6.14. The summed E-state index contributed by atoms with van der Waals surface area (Å²) in [5.41, 5.74) is 2.96. The molecule has 0 spiro atoms. The Hall–Kier alpha value is -2.10. The van der Waals surface area contributed by atoms with Gasteiger partial charge in [-0.2, -0.15) is 0 Å². The molecule has 22 heavy (non-hydrogen) atoms. The van der Waals surface area contributed by atoms with Crippen molar-refractivity contribution in [3.63, 3.8) is 0 Å². The van der Waals surface area contributed by atoms with Crippen LogP contribution >= 0.6 is 0 Å². The molecule has 1 aromatic heterocycles. The summed E-state index contributed by atoms with van der Waals surface area (Å²) >= 11 is 0. The second-order valence-corrected chi connectivity index (χ2v) is 6.14. The number of imidazole rings is 1. The summed E-state index contributed by atoms with van der Waals surface area (Å²) in [5.74, 6) is 1.05. The molecule has 3 rings (SSSR count). The first-order valence-electron chi connectivity index (χ1n) is 7.96. The van der Waals surface area contributed by atoms with Crippen molar-refractivity contribution in [1.29, 1.82) is 0 Å². The number of amides is 1. The predicted octanol–water partition coefficient (Wildman–Crippen LogP) is 3.36. The van der Waals surface area contributed by atoms with Crippen molar-refractivity contribution in [2.45, 2.75) is 45.7 Å². The summed E-state index contributed by atoms with van der Waals surface area (Å²) in [6.07, 6.45) is 5.23. The van der Waals surface area contributed by atoms with Crippen LogP contribution in [0.3, 0.4) is 0 Å². The lowest BCUT2D eigenvalue weighted by Crippen LogP contribution is -2.30. The third-order valence-corrected chi connectivity index (χ3v) is 4.67. The number of carbonyl (C=O) groups is 1. The summed E-state index contributed by atoms with van der Waals surface area (Å²) in [4.78, 5) is 19.1. The molecule has 1 aliphatic heterocycles. The summed E-state index contributed by atoms with van der Waals surface area (Å²) in [5, 5.41) is 0. The Kier molecular flexibility index (Phi) is 4.01. The highest BCUT2D eigenvalue weighted by Gasteiger charge is 2.23. The molecule has 1 atom stereocenters. The molecular formula is C18H23N3O. The number of benzene rings is 1. The van der Waals surface area contributed by atoms with Gasteiger partial charge in [0, 0.05) is 26.2 Å². The van der Waals surface area contributed by atoms with Gasteiger partial charge in [0.15, 0.2) is 0 Å². The minimum absolute atomic E-state index is 0.00217. The molecule has 2 aromatic rings. The molecular weight excluding hydrogens is 274 g/mol. The maximum atomic E-state index is 12.7. The fourth-order valence-electron chi connectivity index (χ4n) is 3.14. The molecule has 0 N–H and O–H groups in total. The van der Waals surface area contributed by atoms with Gasteiger partial charge in [0.1, 0.15) is 11.5 Å². The molecule has 0 fully saturated rings. The number of rotatable bonds is 3. The maximum Gasteiger partial charge on any atom is 0.274 e. The van der Waals surface area contributed by atoms with Gasteiger partial charge in [-0.3, -0.25) is 4.79 Å². The third-order valence-electron chi connectivity index (χ3n) is 4.67. The highest BCUT2D eigenvalue weighted by Crippen LogP contribution is 2.24. The topological polar surface area (TPSA) is 38.1 Å². The van der Waals surface area contributed by atoms with E-state index in [2.05, 4.69) is 35.5 Å². The van der Waals surface area contributed by atoms with Crippen LogP contribution in [0, 0.1) is 6.92 Å². The summed E-state index contributed by atoms with van der Waals surface area (Å²) in [6, 6.07) is 8.25. The van der Waals surface area contributed by atoms with Gasteiger partial charge in [-0.05, 0) is 37.8 Å². The summed E-state index contributed by atoms with van der Waals surface area (Å²) in [6.45, 7) is 5.13. The zero-order chi connectivity index (χ0) is 15.7. The fraction of sp³-hybridized carbons (Fsp3) is 0.444. The van der Waals surface area contributed by atoms with Gasteiger partial charge in [-0.15, -0.1) is 0 Å². The molecule has 0 bridgehead atoms. The minimum Gasteiger partial charge on any atom is -0.334 e. The van der Waals surface area contributed by atoms with Crippen LogP contribution in [0.4, 0.5) is 0 Å². The molecule has 4 heteroatoms. The van der Waals surface area contributed by atoms with E-state index >= 15 is 0 Å². The minimum atomic E-state index is -0.00217. The molecule has 1 aromatic carbocycles. The lowest BCUT2D eigenvalue weighted by Gasteiger charge is -2.25. The average Bonchev–Trinajstić information content (AvgIpc) is 2.97. The van der Waals surface area contributed by atoms with Gasteiger partial charge in [0.25, 0.3) is 5.91 Å². The maximum absolute atomic E-state index is 12.7. The lowest BCUT2D eigenvalue weighted by molar-refractivity contribution is 0.0736. The number of hydrogen-bond acceptors (Lipinski definition) is 2. The molecule has 0 saturated heterocycles. The van der Waals surface area contributed by atoms with Crippen molar-refractivity contribution in [2.24, 2.45) is 0 Å². The van der Waals surface area contributed by atoms with Gasteiger partial charge < -0.3 is 9.47 Å². The first-order valence-corrected chi connectivity index (χ1v) is 7.96. The molecule has 0 aliphatic carbocycles. The van der Waals surface area contributed by atoms with Crippen LogP contribution in [0.25, 0.3) is 0 Å². The van der Waals surface area contributed by atoms with Crippen LogP contribution in [-0.2, 0) is 13.0 Å². The quantitative estimate of drug-likeness (QED) is 0.871. The largest absolute Gasteiger partial charge is 0.334 e. The van der Waals surface area contributed by atoms with Crippen molar-refractivity contribution in [2.75, 3.05) is 7.05 Å². The van der Waals surface area contributed by atoms with E-state index < -0.39 is 0 Å². The molecule has 0 radical (unpaired) electrons. The number of fused-ring (bicyclic) bond motifs is 1. The average molecular weight is 297 g/mol. The predicted molar refractivity (Wildman–Crippen MR) is 86.9 cm³/mol. The van der Waals surface area contributed by atoms with E-state index in [0.29, 0.717) is 5.69 Å². The first kappa shape index (κ1) is 14.8. The first-order chi connectivity index (χ1) is 10.6. The van der Waals surface area contributed by atoms with Crippen LogP contribution in [0.15, 0.2) is 30.5 Å². The Bertz CT molecular complexity index is 666. The highest BCUT2D eigenvalue weighted by molar-refractivity contribution is 5.92. The van der Waals surface area contributed by atoms with Crippen molar-refractivity contribution in [3.8, 4) is 0 Å².